The molecule has 0 spiro atoms. The lowest BCUT2D eigenvalue weighted by atomic mass is 9.73. The predicted octanol–water partition coefficient (Wildman–Crippen LogP) is 5.40. The molecule has 2 aromatic rings. The monoisotopic (exact) mass is 447 g/mol. The number of ketones is 1. The highest BCUT2D eigenvalue weighted by Gasteiger charge is 2.39. The van der Waals surface area contributed by atoms with Crippen molar-refractivity contribution in [2.24, 2.45) is 0 Å². The van der Waals surface area contributed by atoms with Crippen molar-refractivity contribution < 1.29 is 19.1 Å². The summed E-state index contributed by atoms with van der Waals surface area (Å²) >= 11 is 0. The lowest BCUT2D eigenvalue weighted by Crippen LogP contribution is -2.38. The number of para-hydroxylation sites is 1. The molecule has 0 bridgehead atoms. The van der Waals surface area contributed by atoms with E-state index in [1.807, 2.05) is 25.1 Å². The highest BCUT2D eigenvalue weighted by molar-refractivity contribution is 6.02. The minimum atomic E-state index is -0.331. The van der Waals surface area contributed by atoms with Gasteiger partial charge in [0.1, 0.15) is 0 Å². The summed E-state index contributed by atoms with van der Waals surface area (Å²) in [6, 6.07) is 14.2. The third-order valence-corrected chi connectivity index (χ3v) is 6.68. The van der Waals surface area contributed by atoms with E-state index in [0.717, 1.165) is 16.8 Å². The van der Waals surface area contributed by atoms with Crippen LogP contribution in [0.15, 0.2) is 53.7 Å². The number of Topliss-reactive ketones (excluding diaryl/α,β-unsaturated/α-hetero) is 1. The summed E-state index contributed by atoms with van der Waals surface area (Å²) in [4.78, 5) is 26.2. The maximum atomic E-state index is 13.5. The van der Waals surface area contributed by atoms with Gasteiger partial charge >= 0.3 is 0 Å². The Hall–Kier alpha value is -3.08. The van der Waals surface area contributed by atoms with Crippen LogP contribution in [0.1, 0.15) is 75.5 Å². The largest absolute Gasteiger partial charge is 0.493 e. The molecule has 2 aromatic carbocycles. The van der Waals surface area contributed by atoms with E-state index in [2.05, 4.69) is 50.4 Å². The summed E-state index contributed by atoms with van der Waals surface area (Å²) in [6.45, 7) is 8.95. The molecule has 2 aliphatic rings. The third-order valence-electron chi connectivity index (χ3n) is 6.68. The molecule has 0 unspecified atom stereocenters. The lowest BCUT2D eigenvalue weighted by molar-refractivity contribution is -0.122. The van der Waals surface area contributed by atoms with Crippen molar-refractivity contribution in [1.29, 1.82) is 0 Å². The first-order valence-electron chi connectivity index (χ1n) is 11.7. The summed E-state index contributed by atoms with van der Waals surface area (Å²) in [5.74, 6) is 0.976. The smallest absolute Gasteiger partial charge is 0.225 e. The number of hydrogen-bond donors (Lipinski definition) is 1. The van der Waals surface area contributed by atoms with E-state index in [0.29, 0.717) is 36.5 Å². The first kappa shape index (κ1) is 23.1. The minimum Gasteiger partial charge on any atom is -0.493 e. The quantitative estimate of drug-likeness (QED) is 0.667. The van der Waals surface area contributed by atoms with E-state index < -0.39 is 0 Å². The van der Waals surface area contributed by atoms with Gasteiger partial charge in [0, 0.05) is 35.6 Å². The lowest BCUT2D eigenvalue weighted by Gasteiger charge is -2.35. The Morgan fingerprint density at radius 2 is 1.73 bits per heavy atom. The Morgan fingerprint density at radius 3 is 2.36 bits per heavy atom. The van der Waals surface area contributed by atoms with Crippen LogP contribution >= 0.6 is 0 Å². The van der Waals surface area contributed by atoms with Gasteiger partial charge in [-0.05, 0) is 41.9 Å². The van der Waals surface area contributed by atoms with Crippen molar-refractivity contribution in [3.63, 3.8) is 0 Å². The van der Waals surface area contributed by atoms with Gasteiger partial charge in [-0.1, -0.05) is 57.2 Å². The van der Waals surface area contributed by atoms with Crippen molar-refractivity contribution in [2.45, 2.75) is 64.2 Å². The number of nitrogens with one attached hydrogen (secondary N) is 1. The summed E-state index contributed by atoms with van der Waals surface area (Å²) in [5, 5.41) is 3.01. The van der Waals surface area contributed by atoms with Gasteiger partial charge in [-0.25, -0.2) is 0 Å². The Bertz CT molecular complexity index is 1090. The molecule has 0 saturated carbocycles. The SMILES string of the molecule is CCOc1c(OC)cccc1[C@@H]1CC(=O)NC2=C1C(=O)C[C@@H](c1ccc(C(C)(C)C)cc1)C2. The summed E-state index contributed by atoms with van der Waals surface area (Å²) in [6.07, 6.45) is 1.31. The molecular formula is C28H33NO4. The molecule has 0 fully saturated rings. The van der Waals surface area contributed by atoms with Gasteiger partial charge in [-0.15, -0.1) is 0 Å². The van der Waals surface area contributed by atoms with E-state index in [4.69, 9.17) is 9.47 Å². The molecule has 1 heterocycles. The van der Waals surface area contributed by atoms with Gasteiger partial charge < -0.3 is 14.8 Å². The number of carbonyl (C=O) groups is 2. The average Bonchev–Trinajstić information content (AvgIpc) is 2.78. The maximum absolute atomic E-state index is 13.5. The van der Waals surface area contributed by atoms with E-state index in [-0.39, 0.29) is 35.4 Å². The third kappa shape index (κ3) is 4.54. The zero-order valence-electron chi connectivity index (χ0n) is 20.2. The fourth-order valence-electron chi connectivity index (χ4n) is 4.98. The van der Waals surface area contributed by atoms with Gasteiger partial charge in [-0.2, -0.15) is 0 Å². The minimum absolute atomic E-state index is 0.0565. The first-order valence-corrected chi connectivity index (χ1v) is 11.7. The van der Waals surface area contributed by atoms with Crippen LogP contribution in [0, 0.1) is 0 Å². The van der Waals surface area contributed by atoms with E-state index >= 15 is 0 Å². The topological polar surface area (TPSA) is 64.6 Å². The molecular weight excluding hydrogens is 414 g/mol. The fourth-order valence-corrected chi connectivity index (χ4v) is 4.98. The van der Waals surface area contributed by atoms with E-state index in [1.54, 1.807) is 7.11 Å². The van der Waals surface area contributed by atoms with Gasteiger partial charge in [0.15, 0.2) is 17.3 Å². The molecule has 0 aromatic heterocycles. The highest BCUT2D eigenvalue weighted by Crippen LogP contribution is 2.46. The van der Waals surface area contributed by atoms with Crippen LogP contribution in [-0.4, -0.2) is 25.4 Å². The normalized spacial score (nSPS) is 20.9. The van der Waals surface area contributed by atoms with E-state index in [1.165, 1.54) is 5.56 Å². The zero-order valence-corrected chi connectivity index (χ0v) is 20.2. The molecule has 1 aliphatic heterocycles. The van der Waals surface area contributed by atoms with Crippen LogP contribution in [0.25, 0.3) is 0 Å². The maximum Gasteiger partial charge on any atom is 0.225 e. The molecule has 0 saturated heterocycles. The molecule has 5 heteroatoms. The number of methoxy groups -OCH3 is 1. The van der Waals surface area contributed by atoms with Crippen molar-refractivity contribution in [2.75, 3.05) is 13.7 Å². The fraction of sp³-hybridized carbons (Fsp3) is 0.429. The van der Waals surface area contributed by atoms with Crippen LogP contribution in [-0.2, 0) is 15.0 Å². The van der Waals surface area contributed by atoms with Crippen LogP contribution in [0.4, 0.5) is 0 Å². The van der Waals surface area contributed by atoms with Gasteiger partial charge in [0.05, 0.1) is 13.7 Å². The first-order chi connectivity index (χ1) is 15.7. The number of amides is 1. The summed E-state index contributed by atoms with van der Waals surface area (Å²) < 4.78 is 11.4. The predicted molar refractivity (Wildman–Crippen MR) is 129 cm³/mol. The highest BCUT2D eigenvalue weighted by atomic mass is 16.5. The second-order valence-electron chi connectivity index (χ2n) is 9.91. The van der Waals surface area contributed by atoms with Gasteiger partial charge in [0.2, 0.25) is 5.91 Å². The molecule has 1 aliphatic carbocycles. The number of hydrogen-bond acceptors (Lipinski definition) is 4. The number of carbonyl (C=O) groups excluding carboxylic acids is 2. The molecule has 33 heavy (non-hydrogen) atoms. The molecule has 1 N–H and O–H groups in total. The molecule has 5 nitrogen and oxygen atoms in total. The zero-order chi connectivity index (χ0) is 23.8. The summed E-state index contributed by atoms with van der Waals surface area (Å²) in [5.41, 5.74) is 4.78. The standard InChI is InChI=1S/C28H33NO4/c1-6-33-27-20(8-7-9-24(27)32-5)21-16-25(31)29-22-14-18(15-23(30)26(21)22)17-10-12-19(13-11-17)28(2,3)4/h7-13,18,21H,6,14-16H2,1-5H3,(H,29,31)/t18-,21-/m0/s1. The second kappa shape index (κ2) is 9.05. The van der Waals surface area contributed by atoms with Crippen LogP contribution in [0.2, 0.25) is 0 Å². The second-order valence-corrected chi connectivity index (χ2v) is 9.91. The van der Waals surface area contributed by atoms with Crippen LogP contribution < -0.4 is 14.8 Å². The number of rotatable bonds is 5. The van der Waals surface area contributed by atoms with Gasteiger partial charge in [-0.3, -0.25) is 9.59 Å². The van der Waals surface area contributed by atoms with E-state index in [9.17, 15) is 9.59 Å². The molecule has 2 atom stereocenters. The van der Waals surface area contributed by atoms with Crippen molar-refractivity contribution in [3.05, 3.63) is 70.4 Å². The Balaban J connectivity index is 1.70. The molecule has 174 valence electrons. The molecule has 1 amide bonds. The van der Waals surface area contributed by atoms with Crippen molar-refractivity contribution in [3.8, 4) is 11.5 Å². The molecule has 0 radical (unpaired) electrons. The van der Waals surface area contributed by atoms with Gasteiger partial charge in [0.25, 0.3) is 0 Å². The Kier molecular flexibility index (Phi) is 6.33. The number of benzene rings is 2. The molecule has 4 rings (SSSR count). The number of ether oxygens (including phenoxy) is 2. The summed E-state index contributed by atoms with van der Waals surface area (Å²) in [7, 11) is 1.60. The average molecular weight is 448 g/mol. The van der Waals surface area contributed by atoms with Crippen LogP contribution in [0.5, 0.6) is 11.5 Å². The Morgan fingerprint density at radius 1 is 1.00 bits per heavy atom. The van der Waals surface area contributed by atoms with Crippen molar-refractivity contribution >= 4 is 11.7 Å². The number of allylic oxidation sites excluding steroid dienone is 2. The van der Waals surface area contributed by atoms with Crippen molar-refractivity contribution in [1.82, 2.24) is 5.32 Å². The Labute approximate surface area is 196 Å². The van der Waals surface area contributed by atoms with Crippen LogP contribution in [0.3, 0.4) is 0 Å².